The highest BCUT2D eigenvalue weighted by atomic mass is 16.5. The third-order valence-electron chi connectivity index (χ3n) is 5.11. The number of benzene rings is 1. The van der Waals surface area contributed by atoms with Crippen LogP contribution in [0, 0.1) is 5.41 Å². The van der Waals surface area contributed by atoms with Crippen LogP contribution in [0.2, 0.25) is 0 Å². The smallest absolute Gasteiger partial charge is 0.219 e. The van der Waals surface area contributed by atoms with Crippen LogP contribution in [0.25, 0.3) is 0 Å². The van der Waals surface area contributed by atoms with Crippen molar-refractivity contribution < 1.29 is 14.2 Å². The molecule has 162 valence electrons. The van der Waals surface area contributed by atoms with Crippen LogP contribution in [0.3, 0.4) is 0 Å². The van der Waals surface area contributed by atoms with Gasteiger partial charge in [-0.1, -0.05) is 26.0 Å². The van der Waals surface area contributed by atoms with Crippen molar-refractivity contribution in [3.05, 3.63) is 42.1 Å². The van der Waals surface area contributed by atoms with Gasteiger partial charge in [0.25, 0.3) is 0 Å². The van der Waals surface area contributed by atoms with Gasteiger partial charge in [-0.3, -0.25) is 0 Å². The Bertz CT molecular complexity index is 843. The minimum atomic E-state index is 0.330. The van der Waals surface area contributed by atoms with E-state index in [0.717, 1.165) is 31.2 Å². The molecule has 2 heterocycles. The number of nitrogens with zero attached hydrogens (tertiary/aromatic N) is 3. The molecular weight excluding hydrogens is 380 g/mol. The molecule has 0 radical (unpaired) electrons. The minimum Gasteiger partial charge on any atom is -0.493 e. The average Bonchev–Trinajstić information content (AvgIpc) is 3.11. The highest BCUT2D eigenvalue weighted by Gasteiger charge is 2.30. The molecule has 0 atom stereocenters. The van der Waals surface area contributed by atoms with E-state index in [0.29, 0.717) is 35.1 Å². The fourth-order valence-electron chi connectivity index (χ4n) is 3.47. The Morgan fingerprint density at radius 1 is 1.17 bits per heavy atom. The van der Waals surface area contributed by atoms with Crippen LogP contribution in [0.15, 0.2) is 41.5 Å². The highest BCUT2D eigenvalue weighted by Crippen LogP contribution is 2.39. The number of ether oxygens (including phenoxy) is 3. The van der Waals surface area contributed by atoms with E-state index in [-0.39, 0.29) is 0 Å². The summed E-state index contributed by atoms with van der Waals surface area (Å²) in [7, 11) is 3.19. The second kappa shape index (κ2) is 9.69. The molecule has 7 heteroatoms. The Kier molecular flexibility index (Phi) is 7.03. The van der Waals surface area contributed by atoms with Gasteiger partial charge in [-0.15, -0.1) is 0 Å². The van der Waals surface area contributed by atoms with Crippen molar-refractivity contribution in [2.75, 3.05) is 33.9 Å². The number of pyridine rings is 1. The normalized spacial score (nSPS) is 15.8. The number of nitrogens with one attached hydrogen (secondary N) is 1. The molecule has 1 aliphatic heterocycles. The summed E-state index contributed by atoms with van der Waals surface area (Å²) in [6.45, 7) is 10.2. The van der Waals surface area contributed by atoms with Crippen LogP contribution in [0.5, 0.6) is 23.1 Å². The number of aromatic nitrogens is 1. The second-order valence-electron chi connectivity index (χ2n) is 8.10. The Hall–Kier alpha value is -2.96. The number of aliphatic imine (C=N–C) groups is 1. The standard InChI is InChI=1S/C23H32N4O3/c1-6-24-22(27-13-12-23(2,3)16-27)26-15-17-10-11-20(25-14-17)30-21-18(28-4)8-7-9-19(21)29-5/h7-11,14H,6,12-13,15-16H2,1-5H3,(H,24,26). The SMILES string of the molecule is CCNC(=NCc1ccc(Oc2c(OC)cccc2OC)nc1)N1CCC(C)(C)C1. The van der Waals surface area contributed by atoms with Gasteiger partial charge in [-0.2, -0.15) is 0 Å². The molecule has 1 aliphatic rings. The first kappa shape index (κ1) is 21.7. The summed E-state index contributed by atoms with van der Waals surface area (Å²) in [4.78, 5) is 11.6. The van der Waals surface area contributed by atoms with E-state index in [2.05, 4.69) is 36.0 Å². The molecule has 1 saturated heterocycles. The third kappa shape index (κ3) is 5.34. The van der Waals surface area contributed by atoms with Crippen LogP contribution in [-0.2, 0) is 6.54 Å². The van der Waals surface area contributed by atoms with Gasteiger partial charge >= 0.3 is 0 Å². The molecule has 3 rings (SSSR count). The lowest BCUT2D eigenvalue weighted by atomic mass is 9.93. The number of methoxy groups -OCH3 is 2. The minimum absolute atomic E-state index is 0.330. The molecule has 0 saturated carbocycles. The zero-order chi connectivity index (χ0) is 21.6. The summed E-state index contributed by atoms with van der Waals surface area (Å²) < 4.78 is 16.7. The molecule has 0 aliphatic carbocycles. The number of rotatable bonds is 7. The summed E-state index contributed by atoms with van der Waals surface area (Å²) in [6, 6.07) is 9.31. The van der Waals surface area contributed by atoms with E-state index in [4.69, 9.17) is 19.2 Å². The molecule has 0 amide bonds. The summed E-state index contributed by atoms with van der Waals surface area (Å²) in [5.74, 6) is 3.12. The van der Waals surface area contributed by atoms with E-state index in [1.165, 1.54) is 6.42 Å². The van der Waals surface area contributed by atoms with Crippen LogP contribution in [0.4, 0.5) is 0 Å². The van der Waals surface area contributed by atoms with E-state index >= 15 is 0 Å². The molecule has 7 nitrogen and oxygen atoms in total. The number of hydrogen-bond donors (Lipinski definition) is 1. The fraction of sp³-hybridized carbons (Fsp3) is 0.478. The first-order valence-electron chi connectivity index (χ1n) is 10.3. The van der Waals surface area contributed by atoms with E-state index in [9.17, 15) is 0 Å². The largest absolute Gasteiger partial charge is 0.493 e. The van der Waals surface area contributed by atoms with Crippen molar-refractivity contribution in [2.45, 2.75) is 33.7 Å². The molecule has 1 aromatic carbocycles. The predicted octanol–water partition coefficient (Wildman–Crippen LogP) is 4.09. The molecule has 30 heavy (non-hydrogen) atoms. The molecule has 1 aromatic heterocycles. The van der Waals surface area contributed by atoms with Crippen molar-refractivity contribution in [3.63, 3.8) is 0 Å². The van der Waals surface area contributed by atoms with Crippen LogP contribution < -0.4 is 19.5 Å². The lowest BCUT2D eigenvalue weighted by Crippen LogP contribution is -2.40. The Morgan fingerprint density at radius 2 is 1.90 bits per heavy atom. The molecule has 1 fully saturated rings. The second-order valence-corrected chi connectivity index (χ2v) is 8.10. The van der Waals surface area contributed by atoms with Gasteiger partial charge in [0, 0.05) is 31.9 Å². The van der Waals surface area contributed by atoms with Crippen molar-refractivity contribution >= 4 is 5.96 Å². The maximum atomic E-state index is 5.93. The van der Waals surface area contributed by atoms with Crippen molar-refractivity contribution in [2.24, 2.45) is 10.4 Å². The van der Waals surface area contributed by atoms with E-state index < -0.39 is 0 Å². The van der Waals surface area contributed by atoms with Gasteiger partial charge in [-0.05, 0) is 36.5 Å². The summed E-state index contributed by atoms with van der Waals surface area (Å²) in [5.41, 5.74) is 1.35. The van der Waals surface area contributed by atoms with Crippen LogP contribution in [-0.4, -0.2) is 49.7 Å². The number of hydrogen-bond acceptors (Lipinski definition) is 5. The average molecular weight is 413 g/mol. The van der Waals surface area contributed by atoms with Crippen molar-refractivity contribution in [1.82, 2.24) is 15.2 Å². The molecular formula is C23H32N4O3. The predicted molar refractivity (Wildman–Crippen MR) is 119 cm³/mol. The van der Waals surface area contributed by atoms with Gasteiger partial charge < -0.3 is 24.4 Å². The monoisotopic (exact) mass is 412 g/mol. The maximum Gasteiger partial charge on any atom is 0.219 e. The van der Waals surface area contributed by atoms with Gasteiger partial charge in [0.2, 0.25) is 11.6 Å². The summed E-state index contributed by atoms with van der Waals surface area (Å²) >= 11 is 0. The van der Waals surface area contributed by atoms with Crippen molar-refractivity contribution in [1.29, 1.82) is 0 Å². The lowest BCUT2D eigenvalue weighted by Gasteiger charge is -2.23. The number of para-hydroxylation sites is 1. The highest BCUT2D eigenvalue weighted by molar-refractivity contribution is 5.80. The van der Waals surface area contributed by atoms with Crippen molar-refractivity contribution in [3.8, 4) is 23.1 Å². The summed E-state index contributed by atoms with van der Waals surface area (Å²) in [5, 5.41) is 3.40. The first-order chi connectivity index (χ1) is 14.5. The lowest BCUT2D eigenvalue weighted by molar-refractivity contribution is 0.342. The molecule has 0 bridgehead atoms. The molecule has 1 N–H and O–H groups in total. The van der Waals surface area contributed by atoms with Crippen LogP contribution >= 0.6 is 0 Å². The fourth-order valence-corrected chi connectivity index (χ4v) is 3.47. The topological polar surface area (TPSA) is 68.2 Å². The Labute approximate surface area is 179 Å². The van der Waals surface area contributed by atoms with E-state index in [1.54, 1.807) is 20.4 Å². The maximum absolute atomic E-state index is 5.93. The molecule has 2 aromatic rings. The van der Waals surface area contributed by atoms with Gasteiger partial charge in [0.1, 0.15) is 0 Å². The zero-order valence-electron chi connectivity index (χ0n) is 18.6. The Morgan fingerprint density at radius 3 is 2.43 bits per heavy atom. The van der Waals surface area contributed by atoms with E-state index in [1.807, 2.05) is 30.3 Å². The van der Waals surface area contributed by atoms with Gasteiger partial charge in [-0.25, -0.2) is 9.98 Å². The molecule has 0 unspecified atom stereocenters. The number of likely N-dealkylation sites (tertiary alicyclic amines) is 1. The Balaban J connectivity index is 1.69. The number of guanidine groups is 1. The zero-order valence-corrected chi connectivity index (χ0v) is 18.6. The van der Waals surface area contributed by atoms with Gasteiger partial charge in [0.05, 0.1) is 20.8 Å². The summed E-state index contributed by atoms with van der Waals surface area (Å²) in [6.07, 6.45) is 2.97. The third-order valence-corrected chi connectivity index (χ3v) is 5.11. The first-order valence-corrected chi connectivity index (χ1v) is 10.3. The van der Waals surface area contributed by atoms with Gasteiger partial charge in [0.15, 0.2) is 17.5 Å². The van der Waals surface area contributed by atoms with Crippen LogP contribution in [0.1, 0.15) is 32.8 Å². The quantitative estimate of drug-likeness (QED) is 0.546. The molecule has 0 spiro atoms.